The third kappa shape index (κ3) is 2.95. The lowest BCUT2D eigenvalue weighted by Gasteiger charge is -2.47. The van der Waals surface area contributed by atoms with Crippen LogP contribution in [0.3, 0.4) is 0 Å². The first-order valence-electron chi connectivity index (χ1n) is 6.96. The highest BCUT2D eigenvalue weighted by Gasteiger charge is 2.53. The standard InChI is InChI=1S/C14H18N2O4S/c17-13(16-9-14(18,10-16)11-6-7-11)8-15-21(19,20)12-4-2-1-3-5-12/h1-5,11,15,18H,6-10H2. The number of β-amino-alcohol motifs (C(OH)–C–C–N with tert-alkyl or cyclic N) is 1. The summed E-state index contributed by atoms with van der Waals surface area (Å²) in [4.78, 5) is 13.5. The fourth-order valence-corrected chi connectivity index (χ4v) is 3.62. The highest BCUT2D eigenvalue weighted by atomic mass is 32.2. The number of aliphatic hydroxyl groups is 1. The van der Waals surface area contributed by atoms with Crippen LogP contribution in [0.25, 0.3) is 0 Å². The van der Waals surface area contributed by atoms with Crippen LogP contribution < -0.4 is 4.72 Å². The molecule has 1 aromatic carbocycles. The minimum atomic E-state index is -3.67. The molecular formula is C14H18N2O4S. The van der Waals surface area contributed by atoms with Gasteiger partial charge in [-0.25, -0.2) is 13.1 Å². The maximum Gasteiger partial charge on any atom is 0.241 e. The summed E-state index contributed by atoms with van der Waals surface area (Å²) in [6.07, 6.45) is 2.03. The molecule has 21 heavy (non-hydrogen) atoms. The fraction of sp³-hybridized carbons (Fsp3) is 0.500. The van der Waals surface area contributed by atoms with E-state index in [2.05, 4.69) is 4.72 Å². The number of nitrogens with one attached hydrogen (secondary N) is 1. The Bertz CT molecular complexity index is 634. The van der Waals surface area contributed by atoms with Crippen LogP contribution in [0.5, 0.6) is 0 Å². The Morgan fingerprint density at radius 1 is 1.29 bits per heavy atom. The minimum Gasteiger partial charge on any atom is -0.386 e. The highest BCUT2D eigenvalue weighted by Crippen LogP contribution is 2.44. The van der Waals surface area contributed by atoms with Gasteiger partial charge in [-0.05, 0) is 30.9 Å². The molecule has 0 bridgehead atoms. The van der Waals surface area contributed by atoms with Crippen molar-refractivity contribution in [2.24, 2.45) is 5.92 Å². The van der Waals surface area contributed by atoms with Crippen molar-refractivity contribution in [2.45, 2.75) is 23.3 Å². The Morgan fingerprint density at radius 3 is 2.48 bits per heavy atom. The number of nitrogens with zero attached hydrogens (tertiary/aromatic N) is 1. The Morgan fingerprint density at radius 2 is 1.90 bits per heavy atom. The second-order valence-electron chi connectivity index (χ2n) is 5.77. The predicted molar refractivity (Wildman–Crippen MR) is 75.9 cm³/mol. The molecule has 3 rings (SSSR count). The number of carbonyl (C=O) groups excluding carboxylic acids is 1. The third-order valence-corrected chi connectivity index (χ3v) is 5.50. The lowest BCUT2D eigenvalue weighted by Crippen LogP contribution is -2.65. The van der Waals surface area contributed by atoms with Gasteiger partial charge in [0.25, 0.3) is 0 Å². The summed E-state index contributed by atoms with van der Waals surface area (Å²) in [5.74, 6) is 0.00221. The Balaban J connectivity index is 1.53. The number of sulfonamides is 1. The molecule has 1 aromatic rings. The fourth-order valence-electron chi connectivity index (χ4n) is 2.62. The first-order valence-corrected chi connectivity index (χ1v) is 8.44. The van der Waals surface area contributed by atoms with Crippen LogP contribution in [0.2, 0.25) is 0 Å². The maximum absolute atomic E-state index is 12.0. The van der Waals surface area contributed by atoms with Crippen molar-refractivity contribution in [3.63, 3.8) is 0 Å². The molecular weight excluding hydrogens is 292 g/mol. The van der Waals surface area contributed by atoms with Gasteiger partial charge >= 0.3 is 0 Å². The van der Waals surface area contributed by atoms with Gasteiger partial charge in [0.1, 0.15) is 5.60 Å². The zero-order valence-electron chi connectivity index (χ0n) is 11.5. The van der Waals surface area contributed by atoms with Crippen molar-refractivity contribution in [1.82, 2.24) is 9.62 Å². The number of hydrogen-bond acceptors (Lipinski definition) is 4. The Kier molecular flexibility index (Phi) is 3.51. The molecule has 114 valence electrons. The van der Waals surface area contributed by atoms with E-state index in [1.165, 1.54) is 17.0 Å². The predicted octanol–water partition coefficient (Wildman–Crippen LogP) is -0.0518. The quantitative estimate of drug-likeness (QED) is 0.798. The summed E-state index contributed by atoms with van der Waals surface area (Å²) in [5.41, 5.74) is -0.742. The van der Waals surface area contributed by atoms with Crippen molar-refractivity contribution in [1.29, 1.82) is 0 Å². The molecule has 0 radical (unpaired) electrons. The normalized spacial score (nSPS) is 20.9. The average molecular weight is 310 g/mol. The van der Waals surface area contributed by atoms with Crippen LogP contribution in [-0.4, -0.2) is 49.6 Å². The van der Waals surface area contributed by atoms with Gasteiger partial charge in [0, 0.05) is 0 Å². The van der Waals surface area contributed by atoms with Crippen LogP contribution in [0, 0.1) is 5.92 Å². The second-order valence-corrected chi connectivity index (χ2v) is 7.53. The molecule has 0 spiro atoms. The summed E-state index contributed by atoms with van der Waals surface area (Å²) in [6, 6.07) is 7.93. The first-order chi connectivity index (χ1) is 9.91. The number of benzene rings is 1. The van der Waals surface area contributed by atoms with Crippen molar-refractivity contribution in [3.05, 3.63) is 30.3 Å². The van der Waals surface area contributed by atoms with Gasteiger partial charge in [-0.15, -0.1) is 0 Å². The van der Waals surface area contributed by atoms with Crippen molar-refractivity contribution < 1.29 is 18.3 Å². The van der Waals surface area contributed by atoms with E-state index in [1.54, 1.807) is 18.2 Å². The van der Waals surface area contributed by atoms with E-state index in [-0.39, 0.29) is 17.3 Å². The zero-order chi connectivity index (χ0) is 15.1. The van der Waals surface area contributed by atoms with E-state index >= 15 is 0 Å². The lowest BCUT2D eigenvalue weighted by atomic mass is 9.89. The number of rotatable bonds is 5. The van der Waals surface area contributed by atoms with Gasteiger partial charge in [0.05, 0.1) is 24.5 Å². The van der Waals surface area contributed by atoms with E-state index in [0.29, 0.717) is 19.0 Å². The molecule has 1 saturated heterocycles. The molecule has 1 amide bonds. The molecule has 0 atom stereocenters. The van der Waals surface area contributed by atoms with Crippen LogP contribution in [0.1, 0.15) is 12.8 Å². The number of likely N-dealkylation sites (tertiary alicyclic amines) is 1. The number of carbonyl (C=O) groups is 1. The van der Waals surface area contributed by atoms with Crippen molar-refractivity contribution in [2.75, 3.05) is 19.6 Å². The first kappa shape index (κ1) is 14.5. The zero-order valence-corrected chi connectivity index (χ0v) is 12.3. The molecule has 1 saturated carbocycles. The van der Waals surface area contributed by atoms with E-state index in [9.17, 15) is 18.3 Å². The number of amides is 1. The molecule has 1 heterocycles. The van der Waals surface area contributed by atoms with E-state index in [0.717, 1.165) is 12.8 Å². The average Bonchev–Trinajstić information content (AvgIpc) is 3.27. The van der Waals surface area contributed by atoms with Gasteiger partial charge < -0.3 is 10.0 Å². The maximum atomic E-state index is 12.0. The lowest BCUT2D eigenvalue weighted by molar-refractivity contribution is -0.158. The highest BCUT2D eigenvalue weighted by molar-refractivity contribution is 7.89. The summed E-state index contributed by atoms with van der Waals surface area (Å²) in [6.45, 7) is 0.338. The summed E-state index contributed by atoms with van der Waals surface area (Å²) in [7, 11) is -3.67. The van der Waals surface area contributed by atoms with Gasteiger partial charge in [-0.1, -0.05) is 18.2 Å². The topological polar surface area (TPSA) is 86.7 Å². The summed E-state index contributed by atoms with van der Waals surface area (Å²) >= 11 is 0. The molecule has 0 aromatic heterocycles. The van der Waals surface area contributed by atoms with Gasteiger partial charge in [0.15, 0.2) is 0 Å². The molecule has 1 aliphatic carbocycles. The smallest absolute Gasteiger partial charge is 0.241 e. The van der Waals surface area contributed by atoms with Gasteiger partial charge in [-0.3, -0.25) is 4.79 Å². The molecule has 6 nitrogen and oxygen atoms in total. The Labute approximate surface area is 123 Å². The number of hydrogen-bond donors (Lipinski definition) is 2. The van der Waals surface area contributed by atoms with Crippen LogP contribution >= 0.6 is 0 Å². The molecule has 7 heteroatoms. The molecule has 0 unspecified atom stereocenters. The van der Waals surface area contributed by atoms with Gasteiger partial charge in [-0.2, -0.15) is 0 Å². The van der Waals surface area contributed by atoms with E-state index in [1.807, 2.05) is 0 Å². The third-order valence-electron chi connectivity index (χ3n) is 4.09. The molecule has 1 aliphatic heterocycles. The second kappa shape index (κ2) is 5.08. The largest absolute Gasteiger partial charge is 0.386 e. The van der Waals surface area contributed by atoms with Crippen molar-refractivity contribution >= 4 is 15.9 Å². The van der Waals surface area contributed by atoms with Crippen molar-refractivity contribution in [3.8, 4) is 0 Å². The van der Waals surface area contributed by atoms with Crippen LogP contribution in [0.4, 0.5) is 0 Å². The van der Waals surface area contributed by atoms with E-state index < -0.39 is 15.6 Å². The molecule has 2 fully saturated rings. The Hall–Kier alpha value is -1.44. The monoisotopic (exact) mass is 310 g/mol. The summed E-state index contributed by atoms with van der Waals surface area (Å²) in [5, 5.41) is 10.1. The van der Waals surface area contributed by atoms with E-state index in [4.69, 9.17) is 0 Å². The molecule has 2 N–H and O–H groups in total. The molecule has 2 aliphatic rings. The van der Waals surface area contributed by atoms with Crippen LogP contribution in [-0.2, 0) is 14.8 Å². The van der Waals surface area contributed by atoms with Crippen LogP contribution in [0.15, 0.2) is 35.2 Å². The SMILES string of the molecule is O=C(CNS(=O)(=O)c1ccccc1)N1CC(O)(C2CC2)C1. The summed E-state index contributed by atoms with van der Waals surface area (Å²) < 4.78 is 26.3. The van der Waals surface area contributed by atoms with Gasteiger partial charge in [0.2, 0.25) is 15.9 Å². The minimum absolute atomic E-state index is 0.135.